The molecule has 0 saturated carbocycles. The fourth-order valence-corrected chi connectivity index (χ4v) is 3.55. The van der Waals surface area contributed by atoms with Gasteiger partial charge >= 0.3 is 0 Å². The molecular weight excluding hydrogens is 305 g/mol. The molecule has 0 aliphatic rings. The summed E-state index contributed by atoms with van der Waals surface area (Å²) in [4.78, 5) is 10.6. The van der Waals surface area contributed by atoms with E-state index in [1.807, 2.05) is 18.2 Å². The van der Waals surface area contributed by atoms with Gasteiger partial charge in [0.25, 0.3) is 5.69 Å². The summed E-state index contributed by atoms with van der Waals surface area (Å²) in [5.41, 5.74) is -0.236. The van der Waals surface area contributed by atoms with Gasteiger partial charge in [0.15, 0.2) is 0 Å². The molecule has 2 aromatic rings. The Morgan fingerprint density at radius 1 is 1.14 bits per heavy atom. The molecule has 0 heterocycles. The zero-order valence-corrected chi connectivity index (χ0v) is 13.2. The van der Waals surface area contributed by atoms with E-state index in [0.29, 0.717) is 11.5 Å². The normalized spacial score (nSPS) is 13.4. The molecule has 0 bridgehead atoms. The third-order valence-electron chi connectivity index (χ3n) is 2.94. The molecule has 0 N–H and O–H groups in total. The number of nitrogens with zero attached hydrogens (tertiary/aromatic N) is 1. The molecule has 0 fully saturated rings. The first-order valence-corrected chi connectivity index (χ1v) is 8.75. The van der Waals surface area contributed by atoms with Crippen molar-refractivity contribution in [2.24, 2.45) is 0 Å². The standard InChI is InChI=1S/C15H16NO5P/c1-3-20-22(2,19)15-11-13(9-10-14(15)16(17)18)21-12-7-5-4-6-8-12/h4-11H,3H2,1-2H3. The van der Waals surface area contributed by atoms with Gasteiger partial charge in [-0.25, -0.2) is 0 Å². The lowest BCUT2D eigenvalue weighted by Gasteiger charge is -2.14. The smallest absolute Gasteiger partial charge is 0.282 e. The molecule has 0 aliphatic heterocycles. The number of benzene rings is 2. The van der Waals surface area contributed by atoms with Crippen LogP contribution in [0.3, 0.4) is 0 Å². The summed E-state index contributed by atoms with van der Waals surface area (Å²) < 4.78 is 23.4. The number of nitro groups is 1. The predicted molar refractivity (Wildman–Crippen MR) is 84.4 cm³/mol. The third-order valence-corrected chi connectivity index (χ3v) is 4.92. The molecule has 2 aromatic carbocycles. The SMILES string of the molecule is CCOP(C)(=O)c1cc(Oc2ccccc2)ccc1[N+](=O)[O-]. The highest BCUT2D eigenvalue weighted by molar-refractivity contribution is 7.66. The van der Waals surface area contributed by atoms with Crippen molar-refractivity contribution in [3.8, 4) is 11.5 Å². The van der Waals surface area contributed by atoms with Crippen LogP contribution in [0.1, 0.15) is 6.92 Å². The van der Waals surface area contributed by atoms with Gasteiger partial charge in [-0.3, -0.25) is 14.7 Å². The van der Waals surface area contributed by atoms with E-state index in [1.165, 1.54) is 24.9 Å². The van der Waals surface area contributed by atoms with Gasteiger partial charge in [-0.1, -0.05) is 18.2 Å². The molecule has 116 valence electrons. The van der Waals surface area contributed by atoms with Gasteiger partial charge in [0.1, 0.15) is 16.8 Å². The molecule has 0 aromatic heterocycles. The van der Waals surface area contributed by atoms with Gasteiger partial charge in [0, 0.05) is 18.8 Å². The minimum absolute atomic E-state index is 0.0489. The molecule has 1 unspecified atom stereocenters. The average molecular weight is 321 g/mol. The third kappa shape index (κ3) is 3.72. The molecular formula is C15H16NO5P. The Morgan fingerprint density at radius 2 is 1.82 bits per heavy atom. The van der Waals surface area contributed by atoms with Crippen molar-refractivity contribution in [3.63, 3.8) is 0 Å². The summed E-state index contributed by atoms with van der Waals surface area (Å²) in [6.45, 7) is 3.26. The van der Waals surface area contributed by atoms with Gasteiger partial charge in [-0.15, -0.1) is 0 Å². The number of hydrogen-bond donors (Lipinski definition) is 0. The first-order chi connectivity index (χ1) is 10.4. The molecule has 1 atom stereocenters. The van der Waals surface area contributed by atoms with Crippen LogP contribution in [0.15, 0.2) is 48.5 Å². The molecule has 0 saturated heterocycles. The van der Waals surface area contributed by atoms with Gasteiger partial charge < -0.3 is 9.26 Å². The maximum atomic E-state index is 12.6. The monoisotopic (exact) mass is 321 g/mol. The Labute approximate surface area is 128 Å². The zero-order chi connectivity index (χ0) is 16.2. The van der Waals surface area contributed by atoms with Crippen molar-refractivity contribution < 1.29 is 18.7 Å². The number of rotatable bonds is 6. The Bertz CT molecular complexity index is 717. The summed E-state index contributed by atoms with van der Waals surface area (Å²) in [5.74, 6) is 0.957. The largest absolute Gasteiger partial charge is 0.457 e. The lowest BCUT2D eigenvalue weighted by molar-refractivity contribution is -0.383. The minimum Gasteiger partial charge on any atom is -0.457 e. The van der Waals surface area contributed by atoms with Crippen LogP contribution in [-0.4, -0.2) is 18.2 Å². The van der Waals surface area contributed by atoms with Crippen LogP contribution in [0.5, 0.6) is 11.5 Å². The molecule has 0 amide bonds. The van der Waals surface area contributed by atoms with Crippen molar-refractivity contribution in [1.82, 2.24) is 0 Å². The van der Waals surface area contributed by atoms with E-state index < -0.39 is 12.3 Å². The van der Waals surface area contributed by atoms with Crippen LogP contribution in [0.2, 0.25) is 0 Å². The van der Waals surface area contributed by atoms with E-state index in [9.17, 15) is 14.7 Å². The van der Waals surface area contributed by atoms with E-state index >= 15 is 0 Å². The van der Waals surface area contributed by atoms with Crippen molar-refractivity contribution in [1.29, 1.82) is 0 Å². The number of ether oxygens (including phenoxy) is 1. The first kappa shape index (κ1) is 16.2. The highest BCUT2D eigenvalue weighted by atomic mass is 31.2. The van der Waals surface area contributed by atoms with E-state index in [0.717, 1.165) is 0 Å². The molecule has 0 spiro atoms. The molecule has 0 aliphatic carbocycles. The van der Waals surface area contributed by atoms with E-state index in [4.69, 9.17) is 9.26 Å². The van der Waals surface area contributed by atoms with Crippen LogP contribution < -0.4 is 10.0 Å². The minimum atomic E-state index is -3.29. The Balaban J connectivity index is 2.43. The van der Waals surface area contributed by atoms with Crippen molar-refractivity contribution in [2.45, 2.75) is 6.92 Å². The van der Waals surface area contributed by atoms with Crippen LogP contribution in [0.25, 0.3) is 0 Å². The number of hydrogen-bond acceptors (Lipinski definition) is 5. The Kier molecular flexibility index (Phi) is 4.96. The second kappa shape index (κ2) is 6.73. The van der Waals surface area contributed by atoms with E-state index in [-0.39, 0.29) is 17.6 Å². The van der Waals surface area contributed by atoms with Crippen LogP contribution in [0.4, 0.5) is 5.69 Å². The van der Waals surface area contributed by atoms with Crippen molar-refractivity contribution >= 4 is 18.4 Å². The van der Waals surface area contributed by atoms with Crippen molar-refractivity contribution in [3.05, 3.63) is 58.6 Å². The first-order valence-electron chi connectivity index (χ1n) is 6.68. The number of para-hydroxylation sites is 1. The van der Waals surface area contributed by atoms with E-state index in [1.54, 1.807) is 19.1 Å². The predicted octanol–water partition coefficient (Wildman–Crippen LogP) is 3.96. The summed E-state index contributed by atoms with van der Waals surface area (Å²) in [6.07, 6.45) is 0. The van der Waals surface area contributed by atoms with Crippen LogP contribution in [0, 0.1) is 10.1 Å². The molecule has 0 radical (unpaired) electrons. The highest BCUT2D eigenvalue weighted by Crippen LogP contribution is 2.45. The second-order valence-corrected chi connectivity index (χ2v) is 7.02. The molecule has 6 nitrogen and oxygen atoms in total. The zero-order valence-electron chi connectivity index (χ0n) is 12.3. The Morgan fingerprint density at radius 3 is 2.41 bits per heavy atom. The van der Waals surface area contributed by atoms with Gasteiger partial charge in [-0.05, 0) is 25.1 Å². The second-order valence-electron chi connectivity index (χ2n) is 4.59. The maximum absolute atomic E-state index is 12.6. The summed E-state index contributed by atoms with van der Waals surface area (Å²) >= 11 is 0. The average Bonchev–Trinajstić information content (AvgIpc) is 2.48. The van der Waals surface area contributed by atoms with Crippen molar-refractivity contribution in [2.75, 3.05) is 13.3 Å². The molecule has 22 heavy (non-hydrogen) atoms. The van der Waals surface area contributed by atoms with Gasteiger partial charge in [-0.2, -0.15) is 0 Å². The highest BCUT2D eigenvalue weighted by Gasteiger charge is 2.29. The lowest BCUT2D eigenvalue weighted by atomic mass is 10.3. The quantitative estimate of drug-likeness (QED) is 0.457. The Hall–Kier alpha value is -2.17. The number of nitro benzene ring substituents is 1. The fourth-order valence-electron chi connectivity index (χ4n) is 1.99. The maximum Gasteiger partial charge on any atom is 0.282 e. The fraction of sp³-hybridized carbons (Fsp3) is 0.200. The molecule has 7 heteroatoms. The lowest BCUT2D eigenvalue weighted by Crippen LogP contribution is -2.12. The summed E-state index contributed by atoms with van der Waals surface area (Å²) in [5, 5.41) is 11.2. The van der Waals surface area contributed by atoms with Crippen LogP contribution in [-0.2, 0) is 9.09 Å². The van der Waals surface area contributed by atoms with Crippen LogP contribution >= 0.6 is 7.37 Å². The summed E-state index contributed by atoms with van der Waals surface area (Å²) in [6, 6.07) is 13.2. The van der Waals surface area contributed by atoms with Gasteiger partial charge in [0.05, 0.1) is 11.5 Å². The summed E-state index contributed by atoms with van der Waals surface area (Å²) in [7, 11) is -3.29. The van der Waals surface area contributed by atoms with Gasteiger partial charge in [0.2, 0.25) is 7.37 Å². The molecule has 2 rings (SSSR count). The van der Waals surface area contributed by atoms with E-state index in [2.05, 4.69) is 0 Å². The topological polar surface area (TPSA) is 78.7 Å².